The van der Waals surface area contributed by atoms with Crippen molar-refractivity contribution in [1.82, 2.24) is 5.32 Å². The predicted molar refractivity (Wildman–Crippen MR) is 60.9 cm³/mol. The van der Waals surface area contributed by atoms with Gasteiger partial charge in [-0.2, -0.15) is 0 Å². The van der Waals surface area contributed by atoms with Gasteiger partial charge in [-0.15, -0.1) is 0 Å². The van der Waals surface area contributed by atoms with Crippen LogP contribution in [0.25, 0.3) is 0 Å². The SMILES string of the molecule is CCCC(=O)OCOC(=O)NC[C@@H](F)CS(=O)O. The van der Waals surface area contributed by atoms with E-state index in [1.54, 1.807) is 6.92 Å². The molecule has 18 heavy (non-hydrogen) atoms. The molecular weight excluding hydrogens is 269 g/mol. The van der Waals surface area contributed by atoms with Gasteiger partial charge in [0.15, 0.2) is 11.1 Å². The van der Waals surface area contributed by atoms with E-state index >= 15 is 0 Å². The van der Waals surface area contributed by atoms with Gasteiger partial charge < -0.3 is 19.3 Å². The summed E-state index contributed by atoms with van der Waals surface area (Å²) in [5, 5.41) is 2.02. The molecule has 7 nitrogen and oxygen atoms in total. The van der Waals surface area contributed by atoms with Crippen LogP contribution in [0.5, 0.6) is 0 Å². The molecule has 0 spiro atoms. The number of hydrogen-bond donors (Lipinski definition) is 2. The van der Waals surface area contributed by atoms with Gasteiger partial charge in [0.1, 0.15) is 6.17 Å². The van der Waals surface area contributed by atoms with Gasteiger partial charge in [0.05, 0.1) is 12.3 Å². The van der Waals surface area contributed by atoms with E-state index in [2.05, 4.69) is 9.47 Å². The Balaban J connectivity index is 3.59. The lowest BCUT2D eigenvalue weighted by molar-refractivity contribution is -0.151. The highest BCUT2D eigenvalue weighted by molar-refractivity contribution is 7.79. The average molecular weight is 285 g/mol. The van der Waals surface area contributed by atoms with Crippen molar-refractivity contribution in [3.05, 3.63) is 0 Å². The summed E-state index contributed by atoms with van der Waals surface area (Å²) in [5.41, 5.74) is 0. The first-order valence-corrected chi connectivity index (χ1v) is 6.51. The average Bonchev–Trinajstić information content (AvgIpc) is 2.26. The van der Waals surface area contributed by atoms with E-state index < -0.39 is 48.4 Å². The van der Waals surface area contributed by atoms with Crippen LogP contribution in [0, 0.1) is 0 Å². The molecule has 0 radical (unpaired) electrons. The van der Waals surface area contributed by atoms with Gasteiger partial charge in [0.25, 0.3) is 0 Å². The van der Waals surface area contributed by atoms with Crippen LogP contribution in [-0.4, -0.2) is 46.1 Å². The van der Waals surface area contributed by atoms with E-state index in [0.717, 1.165) is 0 Å². The molecule has 9 heteroatoms. The highest BCUT2D eigenvalue weighted by Gasteiger charge is 2.12. The lowest BCUT2D eigenvalue weighted by Crippen LogP contribution is -2.33. The summed E-state index contributed by atoms with van der Waals surface area (Å²) in [5.74, 6) is -1.09. The summed E-state index contributed by atoms with van der Waals surface area (Å²) in [6.07, 6.45) is -1.77. The van der Waals surface area contributed by atoms with Crippen LogP contribution in [0.4, 0.5) is 9.18 Å². The Morgan fingerprint density at radius 1 is 1.44 bits per heavy atom. The zero-order chi connectivity index (χ0) is 14.0. The Labute approximate surface area is 106 Å². The van der Waals surface area contributed by atoms with E-state index in [4.69, 9.17) is 4.55 Å². The van der Waals surface area contributed by atoms with Crippen LogP contribution in [0.3, 0.4) is 0 Å². The monoisotopic (exact) mass is 285 g/mol. The van der Waals surface area contributed by atoms with Crippen molar-refractivity contribution in [2.75, 3.05) is 19.1 Å². The van der Waals surface area contributed by atoms with E-state index in [9.17, 15) is 18.2 Å². The fourth-order valence-corrected chi connectivity index (χ4v) is 1.31. The molecule has 1 amide bonds. The Bertz CT molecular complexity index is 301. The molecule has 0 aliphatic rings. The molecule has 2 atom stereocenters. The molecule has 0 aromatic heterocycles. The summed E-state index contributed by atoms with van der Waals surface area (Å²) in [6, 6.07) is 0. The third-order valence-corrected chi connectivity index (χ3v) is 2.30. The molecule has 0 aromatic rings. The highest BCUT2D eigenvalue weighted by Crippen LogP contribution is 1.93. The number of esters is 1. The van der Waals surface area contributed by atoms with Crippen molar-refractivity contribution in [2.24, 2.45) is 0 Å². The van der Waals surface area contributed by atoms with Gasteiger partial charge in [0.2, 0.25) is 6.79 Å². The molecule has 106 valence electrons. The Hall–Kier alpha value is -1.22. The molecule has 0 aromatic carbocycles. The van der Waals surface area contributed by atoms with Crippen molar-refractivity contribution < 1.29 is 32.2 Å². The first-order chi connectivity index (χ1) is 8.45. The summed E-state index contributed by atoms with van der Waals surface area (Å²) < 4.78 is 40.4. The largest absolute Gasteiger partial charge is 0.428 e. The molecule has 0 fully saturated rings. The van der Waals surface area contributed by atoms with Crippen LogP contribution in [0.1, 0.15) is 19.8 Å². The molecule has 0 saturated heterocycles. The third-order valence-electron chi connectivity index (χ3n) is 1.66. The Kier molecular flexibility index (Phi) is 9.11. The maximum Gasteiger partial charge on any atom is 0.410 e. The molecule has 0 saturated carbocycles. The van der Waals surface area contributed by atoms with Crippen molar-refractivity contribution in [1.29, 1.82) is 0 Å². The lowest BCUT2D eigenvalue weighted by atomic mass is 10.3. The predicted octanol–water partition coefficient (Wildman–Crippen LogP) is 0.573. The molecule has 2 N–H and O–H groups in total. The number of nitrogens with one attached hydrogen (secondary N) is 1. The Morgan fingerprint density at radius 2 is 2.11 bits per heavy atom. The molecule has 0 aliphatic carbocycles. The topological polar surface area (TPSA) is 102 Å². The highest BCUT2D eigenvalue weighted by atomic mass is 32.2. The zero-order valence-electron chi connectivity index (χ0n) is 9.89. The fraction of sp³-hybridized carbons (Fsp3) is 0.778. The first-order valence-electron chi connectivity index (χ1n) is 5.23. The minimum Gasteiger partial charge on any atom is -0.428 e. The Morgan fingerprint density at radius 3 is 2.67 bits per heavy atom. The number of alkyl halides is 1. The zero-order valence-corrected chi connectivity index (χ0v) is 10.7. The number of carbonyl (C=O) groups excluding carboxylic acids is 2. The normalized spacial score (nSPS) is 13.5. The number of alkyl carbamates (subject to hydrolysis) is 1. The van der Waals surface area contributed by atoms with Gasteiger partial charge in [-0.1, -0.05) is 6.92 Å². The maximum atomic E-state index is 12.9. The molecular formula is C9H16FNO6S. The summed E-state index contributed by atoms with van der Waals surface area (Å²) in [7, 11) is 0. The second kappa shape index (κ2) is 9.77. The molecule has 1 unspecified atom stereocenters. The number of halogens is 1. The van der Waals surface area contributed by atoms with Crippen molar-refractivity contribution in [3.63, 3.8) is 0 Å². The minimum atomic E-state index is -2.26. The number of hydrogen-bond acceptors (Lipinski definition) is 5. The quantitative estimate of drug-likeness (QED) is 0.384. The van der Waals surface area contributed by atoms with E-state index in [1.165, 1.54) is 0 Å². The summed E-state index contributed by atoms with van der Waals surface area (Å²) >= 11 is -2.26. The first kappa shape index (κ1) is 16.8. The lowest BCUT2D eigenvalue weighted by Gasteiger charge is -2.09. The van der Waals surface area contributed by atoms with Gasteiger partial charge in [-0.25, -0.2) is 13.4 Å². The van der Waals surface area contributed by atoms with Crippen LogP contribution in [-0.2, 0) is 25.3 Å². The summed E-state index contributed by atoms with van der Waals surface area (Å²) in [6.45, 7) is 0.795. The summed E-state index contributed by atoms with van der Waals surface area (Å²) in [4.78, 5) is 21.8. The van der Waals surface area contributed by atoms with Crippen LogP contribution < -0.4 is 5.32 Å². The van der Waals surface area contributed by atoms with E-state index in [1.807, 2.05) is 5.32 Å². The third kappa shape index (κ3) is 9.97. The number of ether oxygens (including phenoxy) is 2. The second-order valence-corrected chi connectivity index (χ2v) is 4.26. The minimum absolute atomic E-state index is 0.222. The van der Waals surface area contributed by atoms with Crippen LogP contribution in [0.15, 0.2) is 0 Å². The maximum absolute atomic E-state index is 12.9. The molecule has 0 heterocycles. The van der Waals surface area contributed by atoms with E-state index in [0.29, 0.717) is 6.42 Å². The standard InChI is InChI=1S/C9H16FNO6S/c1-2-3-8(12)16-6-17-9(13)11-4-7(10)5-18(14)15/h7H,2-6H2,1H3,(H,11,13)(H,14,15)/t7-/m1/s1. The number of carbonyl (C=O) groups is 2. The second-order valence-electron chi connectivity index (χ2n) is 3.28. The van der Waals surface area contributed by atoms with Gasteiger partial charge in [0, 0.05) is 6.42 Å². The van der Waals surface area contributed by atoms with Gasteiger partial charge >= 0.3 is 12.1 Å². The van der Waals surface area contributed by atoms with Crippen molar-refractivity contribution >= 4 is 23.1 Å². The van der Waals surface area contributed by atoms with Crippen molar-refractivity contribution in [3.8, 4) is 0 Å². The fourth-order valence-electron chi connectivity index (χ4n) is 0.884. The molecule has 0 aliphatic heterocycles. The van der Waals surface area contributed by atoms with Crippen molar-refractivity contribution in [2.45, 2.75) is 25.9 Å². The van der Waals surface area contributed by atoms with Crippen LogP contribution >= 0.6 is 0 Å². The van der Waals surface area contributed by atoms with E-state index in [-0.39, 0.29) is 6.42 Å². The molecule has 0 bridgehead atoms. The van der Waals surface area contributed by atoms with Gasteiger partial charge in [-0.05, 0) is 6.42 Å². The smallest absolute Gasteiger partial charge is 0.410 e. The van der Waals surface area contributed by atoms with Gasteiger partial charge in [-0.3, -0.25) is 4.79 Å². The number of rotatable bonds is 8. The number of amides is 1. The van der Waals surface area contributed by atoms with Crippen LogP contribution in [0.2, 0.25) is 0 Å². The molecule has 0 rings (SSSR count).